The maximum Gasteiger partial charge on any atom is 0.303 e. The number of carbonyl (C=O) groups is 2. The molecular weight excluding hydrogens is 482 g/mol. The normalized spacial score (nSPS) is 12.4. The van der Waals surface area contributed by atoms with Gasteiger partial charge in [-0.25, -0.2) is 0 Å². The third-order valence-electron chi connectivity index (χ3n) is 6.18. The van der Waals surface area contributed by atoms with Crippen LogP contribution in [0.2, 0.25) is 0 Å². The number of anilines is 1. The zero-order valence-electron chi connectivity index (χ0n) is 22.8. The van der Waals surface area contributed by atoms with E-state index in [1.165, 1.54) is 4.90 Å². The molecule has 0 aliphatic carbocycles. The van der Waals surface area contributed by atoms with E-state index in [4.69, 9.17) is 0 Å². The molecule has 0 radical (unpaired) electrons. The van der Waals surface area contributed by atoms with Crippen molar-refractivity contribution < 1.29 is 9.59 Å². The Morgan fingerprint density at radius 1 is 0.795 bits per heavy atom. The van der Waals surface area contributed by atoms with Crippen molar-refractivity contribution >= 4 is 17.5 Å². The lowest BCUT2D eigenvalue weighted by atomic mass is 9.97. The summed E-state index contributed by atoms with van der Waals surface area (Å²) in [5, 5.41) is 3.10. The molecule has 1 unspecified atom stereocenters. The second kappa shape index (κ2) is 12.2. The first kappa shape index (κ1) is 27.3. The van der Waals surface area contributed by atoms with Gasteiger partial charge in [0.2, 0.25) is 5.91 Å². The fourth-order valence-electron chi connectivity index (χ4n) is 4.20. The van der Waals surface area contributed by atoms with Crippen LogP contribution in [0.15, 0.2) is 109 Å². The Morgan fingerprint density at radius 2 is 1.38 bits per heavy atom. The van der Waals surface area contributed by atoms with Gasteiger partial charge in [-0.05, 0) is 68.5 Å². The van der Waals surface area contributed by atoms with Crippen molar-refractivity contribution in [2.75, 3.05) is 4.90 Å². The second-order valence-electron chi connectivity index (χ2n) is 10.4. The topological polar surface area (TPSA) is 62.3 Å². The van der Waals surface area contributed by atoms with Crippen molar-refractivity contribution in [3.63, 3.8) is 0 Å². The minimum absolute atomic E-state index is 0.268. The molecule has 0 saturated carbocycles. The Hall–Kier alpha value is -4.69. The van der Waals surface area contributed by atoms with Crippen LogP contribution < -0.4 is 10.2 Å². The van der Waals surface area contributed by atoms with Gasteiger partial charge in [-0.3, -0.25) is 19.5 Å². The van der Waals surface area contributed by atoms with Crippen LogP contribution in [0.5, 0.6) is 0 Å². The number of hydrogen-bond donors (Lipinski definition) is 1. The van der Waals surface area contributed by atoms with Crippen LogP contribution in [0.3, 0.4) is 0 Å². The quantitative estimate of drug-likeness (QED) is 0.277. The number of rotatable bonds is 7. The van der Waals surface area contributed by atoms with Crippen LogP contribution in [0.25, 0.3) is 11.1 Å². The van der Waals surface area contributed by atoms with Crippen LogP contribution in [0.1, 0.15) is 50.9 Å². The van der Waals surface area contributed by atoms with Gasteiger partial charge in [0.15, 0.2) is 0 Å². The SMILES string of the molecule is C[C@H](NC(=O)C(c1cccnc1)N(C(=O)C#CC(C)(C)C)c1ccc(-c2ccccc2)cc1)c1ccccc1. The average molecular weight is 516 g/mol. The van der Waals surface area contributed by atoms with Gasteiger partial charge in [0.1, 0.15) is 6.04 Å². The van der Waals surface area contributed by atoms with Crippen LogP contribution in [-0.4, -0.2) is 16.8 Å². The van der Waals surface area contributed by atoms with Gasteiger partial charge in [-0.2, -0.15) is 0 Å². The van der Waals surface area contributed by atoms with E-state index < -0.39 is 11.9 Å². The Labute approximate surface area is 230 Å². The minimum atomic E-state index is -0.978. The summed E-state index contributed by atoms with van der Waals surface area (Å²) < 4.78 is 0. The number of nitrogens with zero attached hydrogens (tertiary/aromatic N) is 2. The summed E-state index contributed by atoms with van der Waals surface area (Å²) in [6.45, 7) is 7.76. The molecule has 4 rings (SSSR count). The largest absolute Gasteiger partial charge is 0.347 e. The third kappa shape index (κ3) is 7.21. The molecule has 0 aliphatic heterocycles. The molecule has 4 aromatic rings. The van der Waals surface area contributed by atoms with Gasteiger partial charge in [-0.1, -0.05) is 84.8 Å². The van der Waals surface area contributed by atoms with Gasteiger partial charge in [-0.15, -0.1) is 0 Å². The number of nitrogens with one attached hydrogen (secondary N) is 1. The highest BCUT2D eigenvalue weighted by Crippen LogP contribution is 2.31. The molecule has 1 heterocycles. The maximum atomic E-state index is 14.0. The number of carbonyl (C=O) groups excluding carboxylic acids is 2. The molecule has 39 heavy (non-hydrogen) atoms. The van der Waals surface area contributed by atoms with E-state index in [9.17, 15) is 9.59 Å². The summed E-state index contributed by atoms with van der Waals surface area (Å²) in [4.78, 5) is 33.4. The standard InChI is InChI=1S/C34H33N3O2/c1-25(26-12-7-5-8-13-26)36-33(39)32(29-16-11-23-35-24-29)37(31(38)21-22-34(2,3)4)30-19-17-28(18-20-30)27-14-9-6-10-15-27/h5-20,23-25,32H,1-4H3,(H,36,39)/t25-,32?/m0/s1. The summed E-state index contributed by atoms with van der Waals surface area (Å²) >= 11 is 0. The number of aromatic nitrogens is 1. The highest BCUT2D eigenvalue weighted by atomic mass is 16.2. The zero-order valence-corrected chi connectivity index (χ0v) is 22.8. The van der Waals surface area contributed by atoms with E-state index in [0.717, 1.165) is 16.7 Å². The predicted molar refractivity (Wildman–Crippen MR) is 157 cm³/mol. The molecular formula is C34H33N3O2. The van der Waals surface area contributed by atoms with E-state index >= 15 is 0 Å². The molecule has 0 aliphatic rings. The molecule has 1 N–H and O–H groups in total. The lowest BCUT2D eigenvalue weighted by Crippen LogP contribution is -2.44. The summed E-state index contributed by atoms with van der Waals surface area (Å²) in [5.41, 5.74) is 3.81. The van der Waals surface area contributed by atoms with Gasteiger partial charge in [0, 0.05) is 29.1 Å². The predicted octanol–water partition coefficient (Wildman–Crippen LogP) is 6.75. The minimum Gasteiger partial charge on any atom is -0.347 e. The molecule has 0 fully saturated rings. The highest BCUT2D eigenvalue weighted by molar-refractivity contribution is 6.10. The highest BCUT2D eigenvalue weighted by Gasteiger charge is 2.33. The fraction of sp³-hybridized carbons (Fsp3) is 0.206. The van der Waals surface area contributed by atoms with Crippen LogP contribution in [-0.2, 0) is 9.59 Å². The molecule has 2 amide bonds. The Kier molecular flexibility index (Phi) is 8.58. The van der Waals surface area contributed by atoms with E-state index in [-0.39, 0.29) is 17.4 Å². The fourth-order valence-corrected chi connectivity index (χ4v) is 4.20. The van der Waals surface area contributed by atoms with Crippen LogP contribution in [0, 0.1) is 17.3 Å². The lowest BCUT2D eigenvalue weighted by molar-refractivity contribution is -0.125. The van der Waals surface area contributed by atoms with E-state index in [0.29, 0.717) is 11.3 Å². The van der Waals surface area contributed by atoms with Crippen molar-refractivity contribution in [2.45, 2.75) is 39.8 Å². The molecule has 5 heteroatoms. The van der Waals surface area contributed by atoms with Gasteiger partial charge >= 0.3 is 5.91 Å². The van der Waals surface area contributed by atoms with Gasteiger partial charge in [0.25, 0.3) is 0 Å². The van der Waals surface area contributed by atoms with Gasteiger partial charge < -0.3 is 5.32 Å². The van der Waals surface area contributed by atoms with Crippen molar-refractivity contribution in [1.82, 2.24) is 10.3 Å². The van der Waals surface area contributed by atoms with Gasteiger partial charge in [0.05, 0.1) is 6.04 Å². The number of pyridine rings is 1. The molecule has 3 aromatic carbocycles. The zero-order chi connectivity index (χ0) is 27.8. The van der Waals surface area contributed by atoms with Crippen molar-refractivity contribution in [3.8, 4) is 23.0 Å². The Bertz CT molecular complexity index is 1450. The summed E-state index contributed by atoms with van der Waals surface area (Å²) in [5.74, 6) is 5.04. The molecule has 196 valence electrons. The monoisotopic (exact) mass is 515 g/mol. The average Bonchev–Trinajstić information content (AvgIpc) is 2.95. The van der Waals surface area contributed by atoms with Crippen LogP contribution in [0.4, 0.5) is 5.69 Å². The first-order chi connectivity index (χ1) is 18.7. The van der Waals surface area contributed by atoms with Crippen molar-refractivity contribution in [1.29, 1.82) is 0 Å². The van der Waals surface area contributed by atoms with E-state index in [1.807, 2.05) is 113 Å². The number of hydrogen-bond acceptors (Lipinski definition) is 3. The maximum absolute atomic E-state index is 14.0. The first-order valence-corrected chi connectivity index (χ1v) is 13.0. The molecule has 2 atom stereocenters. The van der Waals surface area contributed by atoms with Crippen LogP contribution >= 0.6 is 0 Å². The molecule has 5 nitrogen and oxygen atoms in total. The second-order valence-corrected chi connectivity index (χ2v) is 10.4. The Balaban J connectivity index is 1.78. The summed E-state index contributed by atoms with van der Waals surface area (Å²) in [7, 11) is 0. The lowest BCUT2D eigenvalue weighted by Gasteiger charge is -2.31. The Morgan fingerprint density at radius 3 is 1.97 bits per heavy atom. The summed E-state index contributed by atoms with van der Waals surface area (Å²) in [6, 6.07) is 29.7. The first-order valence-electron chi connectivity index (χ1n) is 13.0. The third-order valence-corrected chi connectivity index (χ3v) is 6.18. The van der Waals surface area contributed by atoms with E-state index in [1.54, 1.807) is 24.5 Å². The number of benzene rings is 3. The molecule has 0 spiro atoms. The summed E-state index contributed by atoms with van der Waals surface area (Å²) in [6.07, 6.45) is 3.26. The van der Waals surface area contributed by atoms with Crippen molar-refractivity contribution in [3.05, 3.63) is 121 Å². The molecule has 0 saturated heterocycles. The number of amides is 2. The molecule has 1 aromatic heterocycles. The molecule has 0 bridgehead atoms. The van der Waals surface area contributed by atoms with E-state index in [2.05, 4.69) is 22.1 Å². The van der Waals surface area contributed by atoms with Crippen molar-refractivity contribution in [2.24, 2.45) is 5.41 Å². The smallest absolute Gasteiger partial charge is 0.303 e.